The monoisotopic (exact) mass is 164 g/mol. The molecule has 2 radical (unpaired) electrons. The molecule has 0 saturated heterocycles. The largest absolute Gasteiger partial charge is 0.497 e. The summed E-state index contributed by atoms with van der Waals surface area (Å²) in [4.78, 5) is 0. The van der Waals surface area contributed by atoms with Crippen LogP contribution in [-0.4, -0.2) is 15.0 Å². The van der Waals surface area contributed by atoms with Crippen molar-refractivity contribution < 1.29 is 9.13 Å². The summed E-state index contributed by atoms with van der Waals surface area (Å²) in [5.74, 6) is 0.133. The summed E-state index contributed by atoms with van der Waals surface area (Å²) in [6.45, 7) is 1.88. The lowest BCUT2D eigenvalue weighted by molar-refractivity contribution is 0.414. The second kappa shape index (κ2) is 3.61. The van der Waals surface area contributed by atoms with Gasteiger partial charge in [-0.25, -0.2) is 4.39 Å². The normalized spacial score (nSPS) is 9.92. The Balaban J connectivity index is 3.16. The zero-order valence-electron chi connectivity index (χ0n) is 7.23. The van der Waals surface area contributed by atoms with Crippen LogP contribution in [0.25, 0.3) is 0 Å². The van der Waals surface area contributed by atoms with Gasteiger partial charge in [0, 0.05) is 6.07 Å². The molecule has 0 bridgehead atoms. The van der Waals surface area contributed by atoms with Crippen molar-refractivity contribution >= 4 is 13.3 Å². The summed E-state index contributed by atoms with van der Waals surface area (Å²) in [5.41, 5.74) is 1.10. The van der Waals surface area contributed by atoms with E-state index in [0.717, 1.165) is 0 Å². The maximum atomic E-state index is 13.1. The molecule has 0 amide bonds. The molecule has 1 aromatic carbocycles. The Bertz CT molecular complexity index is 256. The van der Waals surface area contributed by atoms with Crippen LogP contribution in [0, 0.1) is 5.82 Å². The zero-order valence-corrected chi connectivity index (χ0v) is 7.23. The van der Waals surface area contributed by atoms with Gasteiger partial charge in [-0.1, -0.05) is 18.5 Å². The third-order valence-corrected chi connectivity index (χ3v) is 1.78. The van der Waals surface area contributed by atoms with E-state index in [2.05, 4.69) is 0 Å². The molecule has 3 heteroatoms. The molecule has 0 aliphatic heterocycles. The Hall–Kier alpha value is -0.985. The fourth-order valence-electron chi connectivity index (χ4n) is 1.07. The highest BCUT2D eigenvalue weighted by molar-refractivity contribution is 6.34. The highest BCUT2D eigenvalue weighted by Gasteiger charge is 2.04. The van der Waals surface area contributed by atoms with E-state index in [1.807, 2.05) is 6.92 Å². The van der Waals surface area contributed by atoms with Gasteiger partial charge in [0.2, 0.25) is 0 Å². The topological polar surface area (TPSA) is 9.23 Å². The first-order valence-electron chi connectivity index (χ1n) is 3.81. The first kappa shape index (κ1) is 9.11. The molecule has 0 saturated carbocycles. The van der Waals surface area contributed by atoms with E-state index in [-0.39, 0.29) is 5.82 Å². The van der Waals surface area contributed by atoms with Gasteiger partial charge in [-0.3, -0.25) is 0 Å². The second-order valence-electron chi connectivity index (χ2n) is 2.54. The molecule has 0 unspecified atom stereocenters. The van der Waals surface area contributed by atoms with Crippen molar-refractivity contribution in [1.82, 2.24) is 0 Å². The summed E-state index contributed by atoms with van der Waals surface area (Å²) < 4.78 is 17.9. The van der Waals surface area contributed by atoms with Crippen molar-refractivity contribution in [2.24, 2.45) is 0 Å². The van der Waals surface area contributed by atoms with Crippen molar-refractivity contribution in [2.45, 2.75) is 13.3 Å². The molecular weight excluding hydrogens is 154 g/mol. The molecular formula is C9H10BFO. The quantitative estimate of drug-likeness (QED) is 0.596. The molecule has 0 N–H and O–H groups in total. The smallest absolute Gasteiger partial charge is 0.130 e. The molecule has 0 aliphatic carbocycles. The van der Waals surface area contributed by atoms with E-state index in [4.69, 9.17) is 12.6 Å². The highest BCUT2D eigenvalue weighted by Crippen LogP contribution is 2.13. The van der Waals surface area contributed by atoms with Crippen LogP contribution in [0.1, 0.15) is 12.5 Å². The Morgan fingerprint density at radius 2 is 2.17 bits per heavy atom. The molecule has 0 aromatic heterocycles. The second-order valence-corrected chi connectivity index (χ2v) is 2.54. The molecule has 0 atom stereocenters. The minimum absolute atomic E-state index is 0.261. The van der Waals surface area contributed by atoms with Crippen LogP contribution < -0.4 is 10.2 Å². The van der Waals surface area contributed by atoms with Gasteiger partial charge in [0.15, 0.2) is 0 Å². The summed E-state index contributed by atoms with van der Waals surface area (Å²) >= 11 is 0. The SMILES string of the molecule is [B]c1cc(CC)c(F)cc1OC. The number of halogens is 1. The van der Waals surface area contributed by atoms with Gasteiger partial charge in [0.1, 0.15) is 19.4 Å². The molecule has 0 aliphatic rings. The number of aryl methyl sites for hydroxylation is 1. The Morgan fingerprint density at radius 3 is 2.67 bits per heavy atom. The Morgan fingerprint density at radius 1 is 1.50 bits per heavy atom. The number of rotatable bonds is 2. The van der Waals surface area contributed by atoms with Crippen LogP contribution in [0.15, 0.2) is 12.1 Å². The number of benzene rings is 1. The van der Waals surface area contributed by atoms with Crippen LogP contribution in [0.4, 0.5) is 4.39 Å². The molecule has 0 heterocycles. The predicted octanol–water partition coefficient (Wildman–Crippen LogP) is 1.19. The van der Waals surface area contributed by atoms with Gasteiger partial charge in [0.05, 0.1) is 7.11 Å². The first-order chi connectivity index (χ1) is 5.69. The van der Waals surface area contributed by atoms with Crippen molar-refractivity contribution in [2.75, 3.05) is 7.11 Å². The number of methoxy groups -OCH3 is 1. The average molecular weight is 164 g/mol. The van der Waals surface area contributed by atoms with Crippen LogP contribution in [0.2, 0.25) is 0 Å². The lowest BCUT2D eigenvalue weighted by atomic mass is 9.92. The summed E-state index contributed by atoms with van der Waals surface area (Å²) in [7, 11) is 7.05. The van der Waals surface area contributed by atoms with Crippen LogP contribution >= 0.6 is 0 Å². The lowest BCUT2D eigenvalue weighted by Crippen LogP contribution is -2.09. The van der Waals surface area contributed by atoms with Crippen LogP contribution in [0.5, 0.6) is 5.75 Å². The van der Waals surface area contributed by atoms with Crippen molar-refractivity contribution in [3.05, 3.63) is 23.5 Å². The molecule has 12 heavy (non-hydrogen) atoms. The van der Waals surface area contributed by atoms with Crippen molar-refractivity contribution in [3.8, 4) is 5.75 Å². The molecule has 0 spiro atoms. The van der Waals surface area contributed by atoms with Crippen molar-refractivity contribution in [1.29, 1.82) is 0 Å². The fourth-order valence-corrected chi connectivity index (χ4v) is 1.07. The van der Waals surface area contributed by atoms with E-state index in [0.29, 0.717) is 23.2 Å². The lowest BCUT2D eigenvalue weighted by Gasteiger charge is -2.07. The van der Waals surface area contributed by atoms with Gasteiger partial charge in [-0.2, -0.15) is 0 Å². The Labute approximate surface area is 73.0 Å². The number of ether oxygens (including phenoxy) is 1. The van der Waals surface area contributed by atoms with Gasteiger partial charge < -0.3 is 4.74 Å². The number of hydrogen-bond acceptors (Lipinski definition) is 1. The van der Waals surface area contributed by atoms with E-state index >= 15 is 0 Å². The van der Waals surface area contributed by atoms with Gasteiger partial charge in [-0.05, 0) is 12.0 Å². The van der Waals surface area contributed by atoms with E-state index < -0.39 is 0 Å². The maximum absolute atomic E-state index is 13.1. The molecule has 1 aromatic rings. The van der Waals surface area contributed by atoms with Crippen LogP contribution in [0.3, 0.4) is 0 Å². The standard InChI is InChI=1S/C9H10BFO/c1-3-6-4-7(10)9(12-2)5-8(6)11/h4-5H,3H2,1-2H3. The number of hydrogen-bond donors (Lipinski definition) is 0. The van der Waals surface area contributed by atoms with E-state index in [1.165, 1.54) is 13.2 Å². The minimum atomic E-state index is -0.261. The highest BCUT2D eigenvalue weighted by atomic mass is 19.1. The molecule has 1 rings (SSSR count). The predicted molar refractivity (Wildman–Crippen MR) is 47.7 cm³/mol. The third kappa shape index (κ3) is 1.60. The maximum Gasteiger partial charge on any atom is 0.130 e. The van der Waals surface area contributed by atoms with Crippen molar-refractivity contribution in [3.63, 3.8) is 0 Å². The zero-order chi connectivity index (χ0) is 9.14. The molecule has 0 fully saturated rings. The molecule has 62 valence electrons. The van der Waals surface area contributed by atoms with Gasteiger partial charge >= 0.3 is 0 Å². The van der Waals surface area contributed by atoms with E-state index in [9.17, 15) is 4.39 Å². The van der Waals surface area contributed by atoms with E-state index in [1.54, 1.807) is 6.07 Å². The average Bonchev–Trinajstić information content (AvgIpc) is 2.08. The minimum Gasteiger partial charge on any atom is -0.497 e. The first-order valence-corrected chi connectivity index (χ1v) is 3.81. The van der Waals surface area contributed by atoms with Gasteiger partial charge in [0.25, 0.3) is 0 Å². The Kier molecular flexibility index (Phi) is 2.74. The summed E-state index contributed by atoms with van der Waals surface area (Å²) in [6.07, 6.45) is 0.639. The summed E-state index contributed by atoms with van der Waals surface area (Å²) in [5, 5.41) is 0. The third-order valence-electron chi connectivity index (χ3n) is 1.78. The molecule has 1 nitrogen and oxygen atoms in total. The van der Waals surface area contributed by atoms with Crippen LogP contribution in [-0.2, 0) is 6.42 Å². The van der Waals surface area contributed by atoms with Gasteiger partial charge in [-0.15, -0.1) is 0 Å². The fraction of sp³-hybridized carbons (Fsp3) is 0.333. The summed E-state index contributed by atoms with van der Waals surface area (Å²) in [6, 6.07) is 2.92.